The standard InChI is InChI=1S/C17H15ClN2O6S/c18-16-8-6-13(12(19-16)3-1-2-4-17(21)22)20-27(23,24)11-5-7-14-15(9-11)26-10-25-14/h1,3,5-9,20H,2,4,10H2,(H,21,22). The molecular formula is C17H15ClN2O6S. The van der Waals surface area contributed by atoms with Crippen LogP contribution in [0.2, 0.25) is 5.15 Å². The fraction of sp³-hybridized carbons (Fsp3) is 0.176. The summed E-state index contributed by atoms with van der Waals surface area (Å²) in [5, 5.41) is 8.85. The van der Waals surface area contributed by atoms with Gasteiger partial charge in [-0.2, -0.15) is 0 Å². The summed E-state index contributed by atoms with van der Waals surface area (Å²) in [6, 6.07) is 7.23. The van der Waals surface area contributed by atoms with Crippen molar-refractivity contribution in [2.45, 2.75) is 17.7 Å². The first-order valence-electron chi connectivity index (χ1n) is 7.82. The number of rotatable bonds is 7. The molecule has 8 nitrogen and oxygen atoms in total. The molecule has 0 amide bonds. The minimum Gasteiger partial charge on any atom is -0.481 e. The molecule has 0 spiro atoms. The summed E-state index contributed by atoms with van der Waals surface area (Å²) >= 11 is 5.89. The van der Waals surface area contributed by atoms with E-state index >= 15 is 0 Å². The summed E-state index contributed by atoms with van der Waals surface area (Å²) in [4.78, 5) is 14.7. The average Bonchev–Trinajstić information content (AvgIpc) is 3.08. The van der Waals surface area contributed by atoms with E-state index in [9.17, 15) is 13.2 Å². The third-order valence-corrected chi connectivity index (χ3v) is 5.16. The van der Waals surface area contributed by atoms with Crippen LogP contribution in [0, 0.1) is 0 Å². The maximum Gasteiger partial charge on any atom is 0.303 e. The molecule has 1 aliphatic rings. The van der Waals surface area contributed by atoms with Crippen LogP contribution in [0.15, 0.2) is 41.3 Å². The van der Waals surface area contributed by atoms with Gasteiger partial charge in [-0.15, -0.1) is 0 Å². The van der Waals surface area contributed by atoms with E-state index in [1.54, 1.807) is 6.08 Å². The number of carboxylic acids is 1. The van der Waals surface area contributed by atoms with Crippen molar-refractivity contribution < 1.29 is 27.8 Å². The summed E-state index contributed by atoms with van der Waals surface area (Å²) in [6.45, 7) is 0.0403. The van der Waals surface area contributed by atoms with E-state index in [0.29, 0.717) is 11.5 Å². The van der Waals surface area contributed by atoms with Crippen molar-refractivity contribution in [2.75, 3.05) is 11.5 Å². The smallest absolute Gasteiger partial charge is 0.303 e. The van der Waals surface area contributed by atoms with Crippen LogP contribution in [0.1, 0.15) is 18.5 Å². The van der Waals surface area contributed by atoms with Crippen molar-refractivity contribution in [3.8, 4) is 11.5 Å². The highest BCUT2D eigenvalue weighted by Crippen LogP contribution is 2.34. The first kappa shape index (κ1) is 19.0. The Balaban J connectivity index is 1.84. The van der Waals surface area contributed by atoms with Gasteiger partial charge in [-0.25, -0.2) is 13.4 Å². The van der Waals surface area contributed by atoms with E-state index in [0.717, 1.165) is 0 Å². The van der Waals surface area contributed by atoms with Gasteiger partial charge >= 0.3 is 5.97 Å². The number of hydrogen-bond acceptors (Lipinski definition) is 6. The second-order valence-electron chi connectivity index (χ2n) is 5.52. The van der Waals surface area contributed by atoms with Crippen LogP contribution >= 0.6 is 11.6 Å². The number of sulfonamides is 1. The quantitative estimate of drug-likeness (QED) is 0.673. The molecule has 27 heavy (non-hydrogen) atoms. The molecule has 0 saturated carbocycles. The highest BCUT2D eigenvalue weighted by molar-refractivity contribution is 7.92. The molecule has 1 aliphatic heterocycles. The van der Waals surface area contributed by atoms with Crippen LogP contribution in [0.4, 0.5) is 5.69 Å². The molecule has 0 radical (unpaired) electrons. The maximum absolute atomic E-state index is 12.7. The van der Waals surface area contributed by atoms with Crippen LogP contribution in [-0.2, 0) is 14.8 Å². The molecule has 142 valence electrons. The van der Waals surface area contributed by atoms with Gasteiger partial charge in [0.1, 0.15) is 5.15 Å². The summed E-state index contributed by atoms with van der Waals surface area (Å²) in [6.07, 6.45) is 3.34. The average molecular weight is 411 g/mol. The van der Waals surface area contributed by atoms with Gasteiger partial charge in [0.2, 0.25) is 6.79 Å². The number of hydrogen-bond donors (Lipinski definition) is 2. The number of pyridine rings is 1. The molecule has 10 heteroatoms. The Bertz CT molecular complexity index is 1010. The lowest BCUT2D eigenvalue weighted by Gasteiger charge is -2.11. The van der Waals surface area contributed by atoms with Crippen LogP contribution in [0.3, 0.4) is 0 Å². The van der Waals surface area contributed by atoms with Crippen molar-refractivity contribution >= 4 is 39.4 Å². The van der Waals surface area contributed by atoms with Crippen molar-refractivity contribution in [1.29, 1.82) is 0 Å². The fourth-order valence-electron chi connectivity index (χ4n) is 2.31. The maximum atomic E-state index is 12.7. The van der Waals surface area contributed by atoms with Crippen LogP contribution < -0.4 is 14.2 Å². The molecule has 3 rings (SSSR count). The van der Waals surface area contributed by atoms with Crippen LogP contribution in [0.25, 0.3) is 6.08 Å². The first-order chi connectivity index (χ1) is 12.8. The van der Waals surface area contributed by atoms with Gasteiger partial charge in [-0.3, -0.25) is 9.52 Å². The van der Waals surface area contributed by atoms with E-state index in [1.165, 1.54) is 36.4 Å². The zero-order valence-electron chi connectivity index (χ0n) is 13.9. The number of carbonyl (C=O) groups is 1. The second kappa shape index (κ2) is 7.85. The molecule has 0 aliphatic carbocycles. The van der Waals surface area contributed by atoms with E-state index in [2.05, 4.69) is 9.71 Å². The third-order valence-electron chi connectivity index (χ3n) is 3.59. The monoisotopic (exact) mass is 410 g/mol. The van der Waals surface area contributed by atoms with E-state index < -0.39 is 16.0 Å². The predicted octanol–water partition coefficient (Wildman–Crippen LogP) is 3.14. The molecule has 0 saturated heterocycles. The number of nitrogens with one attached hydrogen (secondary N) is 1. The minimum absolute atomic E-state index is 0.00232. The number of ether oxygens (including phenoxy) is 2. The normalized spacial score (nSPS) is 13.1. The molecule has 2 N–H and O–H groups in total. The lowest BCUT2D eigenvalue weighted by molar-refractivity contribution is -0.136. The molecule has 0 fully saturated rings. The van der Waals surface area contributed by atoms with Crippen LogP contribution in [-0.4, -0.2) is 31.3 Å². The highest BCUT2D eigenvalue weighted by Gasteiger charge is 2.21. The highest BCUT2D eigenvalue weighted by atomic mass is 35.5. The van der Waals surface area contributed by atoms with Crippen molar-refractivity contribution in [1.82, 2.24) is 4.98 Å². The summed E-state index contributed by atoms with van der Waals surface area (Å²) < 4.78 is 38.2. The van der Waals surface area contributed by atoms with Gasteiger partial charge in [0.05, 0.1) is 16.3 Å². The number of fused-ring (bicyclic) bond motifs is 1. The molecule has 2 aromatic rings. The SMILES string of the molecule is O=C(O)CCC=Cc1nc(Cl)ccc1NS(=O)(=O)c1ccc2c(c1)OCO2. The number of benzene rings is 1. The Kier molecular flexibility index (Phi) is 5.52. The Hall–Kier alpha value is -2.78. The predicted molar refractivity (Wildman–Crippen MR) is 98.5 cm³/mol. The number of nitrogens with zero attached hydrogens (tertiary/aromatic N) is 1. The summed E-state index contributed by atoms with van der Waals surface area (Å²) in [5.74, 6) is -0.104. The lowest BCUT2D eigenvalue weighted by atomic mass is 10.2. The van der Waals surface area contributed by atoms with Gasteiger partial charge < -0.3 is 14.6 Å². The molecule has 2 heterocycles. The van der Waals surface area contributed by atoms with Gasteiger partial charge in [-0.1, -0.05) is 17.7 Å². The molecule has 0 bridgehead atoms. The third kappa shape index (κ3) is 4.69. The van der Waals surface area contributed by atoms with Crippen molar-refractivity contribution in [2.24, 2.45) is 0 Å². The number of aliphatic carboxylic acids is 1. The number of allylic oxidation sites excluding steroid dienone is 1. The Labute approximate surface area is 160 Å². The lowest BCUT2D eigenvalue weighted by Crippen LogP contribution is -2.14. The molecule has 0 atom stereocenters. The second-order valence-corrected chi connectivity index (χ2v) is 7.59. The summed E-state index contributed by atoms with van der Waals surface area (Å²) in [7, 11) is -3.91. The number of carboxylic acid groups (broad SMARTS) is 1. The molecule has 1 aromatic carbocycles. The number of aromatic nitrogens is 1. The molecular weight excluding hydrogens is 396 g/mol. The fourth-order valence-corrected chi connectivity index (χ4v) is 3.56. The Morgan fingerprint density at radius 3 is 2.81 bits per heavy atom. The number of anilines is 1. The van der Waals surface area contributed by atoms with Gasteiger partial charge in [0.25, 0.3) is 10.0 Å². The summed E-state index contributed by atoms with van der Waals surface area (Å²) in [5.41, 5.74) is 0.487. The van der Waals surface area contributed by atoms with Gasteiger partial charge in [0, 0.05) is 12.5 Å². The largest absolute Gasteiger partial charge is 0.481 e. The zero-order chi connectivity index (χ0) is 19.4. The Morgan fingerprint density at radius 2 is 2.04 bits per heavy atom. The minimum atomic E-state index is -3.91. The molecule has 0 unspecified atom stereocenters. The Morgan fingerprint density at radius 1 is 1.26 bits per heavy atom. The van der Waals surface area contributed by atoms with E-state index in [1.807, 2.05) is 0 Å². The van der Waals surface area contributed by atoms with Crippen LogP contribution in [0.5, 0.6) is 11.5 Å². The van der Waals surface area contributed by atoms with Crippen molar-refractivity contribution in [3.63, 3.8) is 0 Å². The van der Waals surface area contributed by atoms with Crippen molar-refractivity contribution in [3.05, 3.63) is 47.3 Å². The zero-order valence-corrected chi connectivity index (χ0v) is 15.5. The first-order valence-corrected chi connectivity index (χ1v) is 9.68. The van der Waals surface area contributed by atoms with E-state index in [4.69, 9.17) is 26.2 Å². The van der Waals surface area contributed by atoms with E-state index in [-0.39, 0.29) is 41.1 Å². The van der Waals surface area contributed by atoms with Gasteiger partial charge in [0.15, 0.2) is 11.5 Å². The van der Waals surface area contributed by atoms with Gasteiger partial charge in [-0.05, 0) is 36.8 Å². The molecule has 1 aromatic heterocycles. The number of halogens is 1. The topological polar surface area (TPSA) is 115 Å².